The average Bonchev–Trinajstić information content (AvgIpc) is 2.81. The van der Waals surface area contributed by atoms with Crippen LogP contribution in [0.15, 0.2) is 24.4 Å². The van der Waals surface area contributed by atoms with E-state index in [1.807, 2.05) is 24.4 Å². The number of methoxy groups -OCH3 is 1. The molecule has 19 heavy (non-hydrogen) atoms. The smallest absolute Gasteiger partial charge is 0.232 e. The lowest BCUT2D eigenvalue weighted by atomic mass is 10.1. The van der Waals surface area contributed by atoms with Crippen molar-refractivity contribution < 1.29 is 9.53 Å². The fourth-order valence-corrected chi connectivity index (χ4v) is 2.05. The van der Waals surface area contributed by atoms with Crippen molar-refractivity contribution in [2.24, 2.45) is 0 Å². The first-order chi connectivity index (χ1) is 9.11. The molecule has 0 aliphatic rings. The minimum Gasteiger partial charge on any atom is -0.497 e. The van der Waals surface area contributed by atoms with Gasteiger partial charge < -0.3 is 15.0 Å². The Hall–Kier alpha value is -1.62. The van der Waals surface area contributed by atoms with E-state index < -0.39 is 0 Å². The fourth-order valence-electron chi connectivity index (χ4n) is 1.96. The number of thiol groups is 1. The van der Waals surface area contributed by atoms with Gasteiger partial charge in [0, 0.05) is 23.6 Å². The predicted octanol–water partition coefficient (Wildman–Crippen LogP) is 2.15. The van der Waals surface area contributed by atoms with E-state index in [9.17, 15) is 4.79 Å². The molecule has 0 aliphatic carbocycles. The van der Waals surface area contributed by atoms with E-state index in [1.165, 1.54) is 5.56 Å². The third-order valence-corrected chi connectivity index (χ3v) is 3.28. The number of rotatable bonds is 5. The van der Waals surface area contributed by atoms with E-state index in [0.717, 1.165) is 23.1 Å². The highest BCUT2D eigenvalue weighted by Gasteiger charge is 2.08. The second-order valence-electron chi connectivity index (χ2n) is 4.44. The predicted molar refractivity (Wildman–Crippen MR) is 80.0 cm³/mol. The number of hydrogen-bond donors (Lipinski definition) is 3. The van der Waals surface area contributed by atoms with Crippen molar-refractivity contribution in [3.05, 3.63) is 30.0 Å². The molecular weight excluding hydrogens is 260 g/mol. The highest BCUT2D eigenvalue weighted by molar-refractivity contribution is 7.81. The van der Waals surface area contributed by atoms with Crippen molar-refractivity contribution in [2.75, 3.05) is 13.7 Å². The Morgan fingerprint density at radius 3 is 3.00 bits per heavy atom. The number of aromatic amines is 1. The molecule has 2 aromatic rings. The summed E-state index contributed by atoms with van der Waals surface area (Å²) < 4.78 is 5.23. The zero-order valence-electron chi connectivity index (χ0n) is 11.1. The summed E-state index contributed by atoms with van der Waals surface area (Å²) in [6.07, 6.45) is 2.75. The molecule has 1 aromatic heterocycles. The van der Waals surface area contributed by atoms with E-state index in [2.05, 4.69) is 22.9 Å². The van der Waals surface area contributed by atoms with Gasteiger partial charge in [0.1, 0.15) is 5.75 Å². The molecule has 0 fully saturated rings. The molecule has 1 amide bonds. The monoisotopic (exact) mass is 278 g/mol. The summed E-state index contributed by atoms with van der Waals surface area (Å²) in [5.74, 6) is 0.794. The molecule has 4 nitrogen and oxygen atoms in total. The van der Waals surface area contributed by atoms with Gasteiger partial charge in [0.25, 0.3) is 0 Å². The summed E-state index contributed by atoms with van der Waals surface area (Å²) in [7, 11) is 1.65. The lowest BCUT2D eigenvalue weighted by molar-refractivity contribution is -0.120. The van der Waals surface area contributed by atoms with Gasteiger partial charge >= 0.3 is 0 Å². The molecule has 2 N–H and O–H groups in total. The first-order valence-electron chi connectivity index (χ1n) is 6.21. The maximum absolute atomic E-state index is 11.4. The van der Waals surface area contributed by atoms with Gasteiger partial charge in [-0.2, -0.15) is 12.6 Å². The SMILES string of the molecule is COc1ccc2[nH]cc(CCNC(=O)C(C)S)c2c1. The minimum absolute atomic E-state index is 0.0410. The molecule has 0 bridgehead atoms. The van der Waals surface area contributed by atoms with E-state index in [-0.39, 0.29) is 11.2 Å². The summed E-state index contributed by atoms with van der Waals surface area (Å²) in [6, 6.07) is 5.92. The quantitative estimate of drug-likeness (QED) is 0.734. The van der Waals surface area contributed by atoms with Crippen molar-refractivity contribution >= 4 is 29.4 Å². The van der Waals surface area contributed by atoms with Gasteiger partial charge in [-0.05, 0) is 37.1 Å². The van der Waals surface area contributed by atoms with Gasteiger partial charge in [-0.1, -0.05) is 0 Å². The van der Waals surface area contributed by atoms with Crippen LogP contribution in [0.5, 0.6) is 5.75 Å². The summed E-state index contributed by atoms with van der Waals surface area (Å²) >= 11 is 4.09. The van der Waals surface area contributed by atoms with Crippen molar-refractivity contribution in [3.63, 3.8) is 0 Å². The molecule has 0 spiro atoms. The second kappa shape index (κ2) is 6.02. The summed E-state index contributed by atoms with van der Waals surface area (Å²) in [5, 5.41) is 3.71. The molecular formula is C14H18N2O2S. The number of fused-ring (bicyclic) bond motifs is 1. The molecule has 102 valence electrons. The lowest BCUT2D eigenvalue weighted by Gasteiger charge is -2.06. The Morgan fingerprint density at radius 1 is 1.53 bits per heavy atom. The van der Waals surface area contributed by atoms with Crippen molar-refractivity contribution in [1.29, 1.82) is 0 Å². The Morgan fingerprint density at radius 2 is 2.32 bits per heavy atom. The van der Waals surface area contributed by atoms with E-state index in [4.69, 9.17) is 4.74 Å². The van der Waals surface area contributed by atoms with Crippen LogP contribution in [0.25, 0.3) is 10.9 Å². The number of carbonyl (C=O) groups is 1. The number of amides is 1. The maximum atomic E-state index is 11.4. The van der Waals surface area contributed by atoms with Gasteiger partial charge in [0.15, 0.2) is 0 Å². The van der Waals surface area contributed by atoms with Crippen molar-refractivity contribution in [1.82, 2.24) is 10.3 Å². The molecule has 2 rings (SSSR count). The molecule has 1 aromatic carbocycles. The van der Waals surface area contributed by atoms with Crippen LogP contribution in [0.3, 0.4) is 0 Å². The van der Waals surface area contributed by atoms with E-state index >= 15 is 0 Å². The average molecular weight is 278 g/mol. The molecule has 0 aliphatic heterocycles. The fraction of sp³-hybridized carbons (Fsp3) is 0.357. The van der Waals surface area contributed by atoms with Gasteiger partial charge in [-0.3, -0.25) is 4.79 Å². The Balaban J connectivity index is 2.06. The van der Waals surface area contributed by atoms with Crippen LogP contribution in [-0.4, -0.2) is 29.8 Å². The molecule has 5 heteroatoms. The molecule has 0 saturated carbocycles. The van der Waals surface area contributed by atoms with Crippen LogP contribution in [-0.2, 0) is 11.2 Å². The van der Waals surface area contributed by atoms with E-state index in [0.29, 0.717) is 6.54 Å². The highest BCUT2D eigenvalue weighted by atomic mass is 32.1. The molecule has 1 atom stereocenters. The van der Waals surface area contributed by atoms with Crippen LogP contribution < -0.4 is 10.1 Å². The summed E-state index contributed by atoms with van der Waals surface area (Å²) in [4.78, 5) is 14.6. The topological polar surface area (TPSA) is 54.1 Å². The Bertz CT molecular complexity index is 578. The number of H-pyrrole nitrogens is 1. The normalized spacial score (nSPS) is 12.4. The van der Waals surface area contributed by atoms with E-state index in [1.54, 1.807) is 14.0 Å². The van der Waals surface area contributed by atoms with Crippen LogP contribution in [0, 0.1) is 0 Å². The maximum Gasteiger partial charge on any atom is 0.232 e. The largest absolute Gasteiger partial charge is 0.497 e. The van der Waals surface area contributed by atoms with Crippen molar-refractivity contribution in [2.45, 2.75) is 18.6 Å². The number of benzene rings is 1. The molecule has 0 radical (unpaired) electrons. The zero-order chi connectivity index (χ0) is 13.8. The van der Waals surface area contributed by atoms with Gasteiger partial charge in [-0.25, -0.2) is 0 Å². The number of hydrogen-bond acceptors (Lipinski definition) is 3. The standard InChI is InChI=1S/C14H18N2O2S/c1-9(19)14(17)15-6-5-10-8-16-13-4-3-11(18-2)7-12(10)13/h3-4,7-9,16,19H,5-6H2,1-2H3,(H,15,17). The second-order valence-corrected chi connectivity index (χ2v) is 5.22. The summed E-state index contributed by atoms with van der Waals surface area (Å²) in [6.45, 7) is 2.36. The number of aromatic nitrogens is 1. The first kappa shape index (κ1) is 13.8. The third kappa shape index (κ3) is 3.23. The summed E-state index contributed by atoms with van der Waals surface area (Å²) in [5.41, 5.74) is 2.24. The lowest BCUT2D eigenvalue weighted by Crippen LogP contribution is -2.31. The van der Waals surface area contributed by atoms with Crippen LogP contribution in [0.2, 0.25) is 0 Å². The number of ether oxygens (including phenoxy) is 1. The van der Waals surface area contributed by atoms with Crippen molar-refractivity contribution in [3.8, 4) is 5.75 Å². The third-order valence-electron chi connectivity index (χ3n) is 3.05. The molecule has 1 heterocycles. The molecule has 1 unspecified atom stereocenters. The van der Waals surface area contributed by atoms with Gasteiger partial charge in [0.05, 0.1) is 12.4 Å². The first-order valence-corrected chi connectivity index (χ1v) is 6.73. The van der Waals surface area contributed by atoms with Gasteiger partial charge in [0.2, 0.25) is 5.91 Å². The molecule has 0 saturated heterocycles. The van der Waals surface area contributed by atoms with Crippen LogP contribution >= 0.6 is 12.6 Å². The Kier molecular flexibility index (Phi) is 4.37. The van der Waals surface area contributed by atoms with Crippen LogP contribution in [0.1, 0.15) is 12.5 Å². The number of carbonyl (C=O) groups excluding carboxylic acids is 1. The van der Waals surface area contributed by atoms with Gasteiger partial charge in [-0.15, -0.1) is 0 Å². The van der Waals surface area contributed by atoms with Crippen LogP contribution in [0.4, 0.5) is 0 Å². The Labute approximate surface area is 117 Å². The minimum atomic E-state index is -0.275. The number of nitrogens with one attached hydrogen (secondary N) is 2. The highest BCUT2D eigenvalue weighted by Crippen LogP contribution is 2.23. The zero-order valence-corrected chi connectivity index (χ0v) is 12.0.